The lowest BCUT2D eigenvalue weighted by Gasteiger charge is -2.10. The number of carboxylic acids is 1. The molecule has 2 aromatic rings. The van der Waals surface area contributed by atoms with Gasteiger partial charge in [-0.05, 0) is 11.4 Å². The molecule has 0 bridgehead atoms. The molecule has 19 heavy (non-hydrogen) atoms. The maximum Gasteiger partial charge on any atom is 0.313 e. The van der Waals surface area contributed by atoms with Gasteiger partial charge in [-0.25, -0.2) is 4.98 Å². The molecule has 0 fully saturated rings. The number of hydrogen-bond donors (Lipinski definition) is 1. The Morgan fingerprint density at radius 2 is 2.42 bits per heavy atom. The number of thioether (sulfide) groups is 1. The minimum atomic E-state index is -0.941. The van der Waals surface area contributed by atoms with Gasteiger partial charge in [0.15, 0.2) is 5.16 Å². The van der Waals surface area contributed by atoms with Crippen molar-refractivity contribution in [2.75, 3.05) is 19.5 Å². The summed E-state index contributed by atoms with van der Waals surface area (Å²) in [4.78, 5) is 27.9. The monoisotopic (exact) mass is 300 g/mol. The molecule has 2 heterocycles. The molecule has 0 saturated heterocycles. The van der Waals surface area contributed by atoms with Crippen molar-refractivity contribution < 1.29 is 14.6 Å². The van der Waals surface area contributed by atoms with Crippen LogP contribution in [-0.4, -0.2) is 40.1 Å². The van der Waals surface area contributed by atoms with Gasteiger partial charge in [-0.3, -0.25) is 14.2 Å². The molecule has 1 N–H and O–H groups in total. The summed E-state index contributed by atoms with van der Waals surface area (Å²) in [5.74, 6) is -1.07. The molecule has 0 amide bonds. The van der Waals surface area contributed by atoms with Gasteiger partial charge in [0.05, 0.1) is 24.3 Å². The van der Waals surface area contributed by atoms with E-state index in [-0.39, 0.29) is 11.3 Å². The summed E-state index contributed by atoms with van der Waals surface area (Å²) < 4.78 is 6.43. The molecule has 0 atom stereocenters. The van der Waals surface area contributed by atoms with E-state index in [9.17, 15) is 9.59 Å². The number of carbonyl (C=O) groups is 1. The van der Waals surface area contributed by atoms with Crippen molar-refractivity contribution in [2.24, 2.45) is 0 Å². The lowest BCUT2D eigenvalue weighted by molar-refractivity contribution is -0.133. The zero-order chi connectivity index (χ0) is 13.8. The zero-order valence-electron chi connectivity index (χ0n) is 10.2. The van der Waals surface area contributed by atoms with Crippen LogP contribution in [-0.2, 0) is 16.1 Å². The quantitative estimate of drug-likeness (QED) is 0.639. The third kappa shape index (κ3) is 3.14. The number of hydrogen-bond acceptors (Lipinski definition) is 6. The fourth-order valence-electron chi connectivity index (χ4n) is 1.55. The van der Waals surface area contributed by atoms with Gasteiger partial charge in [-0.15, -0.1) is 11.3 Å². The summed E-state index contributed by atoms with van der Waals surface area (Å²) >= 11 is 2.41. The van der Waals surface area contributed by atoms with Crippen molar-refractivity contribution in [2.45, 2.75) is 11.7 Å². The van der Waals surface area contributed by atoms with Gasteiger partial charge in [-0.2, -0.15) is 0 Å². The molecule has 0 aliphatic heterocycles. The minimum Gasteiger partial charge on any atom is -0.481 e. The molecule has 0 aromatic carbocycles. The van der Waals surface area contributed by atoms with Crippen LogP contribution in [0.1, 0.15) is 0 Å². The van der Waals surface area contributed by atoms with Gasteiger partial charge in [0, 0.05) is 7.11 Å². The topological polar surface area (TPSA) is 81.4 Å². The highest BCUT2D eigenvalue weighted by molar-refractivity contribution is 7.99. The predicted octanol–water partition coefficient (Wildman–Crippen LogP) is 1.28. The second-order valence-corrected chi connectivity index (χ2v) is 5.50. The highest BCUT2D eigenvalue weighted by Crippen LogP contribution is 2.20. The van der Waals surface area contributed by atoms with E-state index in [1.807, 2.05) is 0 Å². The second kappa shape index (κ2) is 6.18. The van der Waals surface area contributed by atoms with Crippen molar-refractivity contribution in [3.05, 3.63) is 21.8 Å². The van der Waals surface area contributed by atoms with Crippen molar-refractivity contribution in [1.82, 2.24) is 9.55 Å². The Balaban J connectivity index is 2.45. The maximum atomic E-state index is 12.3. The van der Waals surface area contributed by atoms with Gasteiger partial charge in [0.2, 0.25) is 0 Å². The number of rotatable bonds is 6. The van der Waals surface area contributed by atoms with Crippen LogP contribution in [0.5, 0.6) is 0 Å². The van der Waals surface area contributed by atoms with Crippen LogP contribution in [0.4, 0.5) is 0 Å². The van der Waals surface area contributed by atoms with Crippen molar-refractivity contribution in [3.63, 3.8) is 0 Å². The molecule has 0 saturated carbocycles. The fourth-order valence-corrected chi connectivity index (χ4v) is 3.10. The Morgan fingerprint density at radius 1 is 1.63 bits per heavy atom. The number of methoxy groups -OCH3 is 1. The highest BCUT2D eigenvalue weighted by atomic mass is 32.2. The first kappa shape index (κ1) is 14.0. The van der Waals surface area contributed by atoms with E-state index in [0.29, 0.717) is 28.5 Å². The third-order valence-corrected chi connectivity index (χ3v) is 4.16. The van der Waals surface area contributed by atoms with Gasteiger partial charge in [0.25, 0.3) is 5.56 Å². The molecule has 0 aliphatic rings. The molecule has 0 unspecified atom stereocenters. The minimum absolute atomic E-state index is 0.129. The summed E-state index contributed by atoms with van der Waals surface area (Å²) in [5, 5.41) is 11.5. The number of ether oxygens (including phenoxy) is 1. The standard InChI is InChI=1S/C11H12N2O4S2/c1-17-4-3-13-10(16)7-2-5-18-9(7)12-11(13)19-6-8(14)15/h2,5H,3-4,6H2,1H3,(H,14,15). The average molecular weight is 300 g/mol. The molecule has 2 rings (SSSR count). The number of thiophene rings is 1. The zero-order valence-corrected chi connectivity index (χ0v) is 11.8. The molecule has 0 spiro atoms. The maximum absolute atomic E-state index is 12.3. The van der Waals surface area contributed by atoms with Crippen molar-refractivity contribution >= 4 is 39.3 Å². The average Bonchev–Trinajstić information content (AvgIpc) is 2.84. The van der Waals surface area contributed by atoms with E-state index in [2.05, 4.69) is 4.98 Å². The molecular formula is C11H12N2O4S2. The predicted molar refractivity (Wildman–Crippen MR) is 74.1 cm³/mol. The first-order chi connectivity index (χ1) is 9.13. The van der Waals surface area contributed by atoms with Crippen LogP contribution in [0.2, 0.25) is 0 Å². The number of fused-ring (bicyclic) bond motifs is 1. The Hall–Kier alpha value is -1.38. The third-order valence-electron chi connectivity index (χ3n) is 2.39. The van der Waals surface area contributed by atoms with E-state index in [1.165, 1.54) is 15.9 Å². The summed E-state index contributed by atoms with van der Waals surface area (Å²) in [5.41, 5.74) is -0.156. The van der Waals surface area contributed by atoms with Crippen LogP contribution in [0.3, 0.4) is 0 Å². The lowest BCUT2D eigenvalue weighted by atomic mass is 10.4. The first-order valence-electron chi connectivity index (χ1n) is 5.45. The Kier molecular flexibility index (Phi) is 4.56. The van der Waals surface area contributed by atoms with E-state index in [4.69, 9.17) is 9.84 Å². The van der Waals surface area contributed by atoms with Crippen LogP contribution in [0, 0.1) is 0 Å². The van der Waals surface area contributed by atoms with Crippen molar-refractivity contribution in [1.29, 1.82) is 0 Å². The Bertz CT molecular complexity index is 650. The van der Waals surface area contributed by atoms with Gasteiger partial charge >= 0.3 is 5.97 Å². The number of aromatic nitrogens is 2. The van der Waals surface area contributed by atoms with Crippen LogP contribution < -0.4 is 5.56 Å². The van der Waals surface area contributed by atoms with Gasteiger partial charge in [-0.1, -0.05) is 11.8 Å². The molecule has 6 nitrogen and oxygen atoms in total. The molecule has 8 heteroatoms. The van der Waals surface area contributed by atoms with E-state index in [1.54, 1.807) is 18.6 Å². The normalized spacial score (nSPS) is 11.0. The van der Waals surface area contributed by atoms with E-state index >= 15 is 0 Å². The number of nitrogens with zero attached hydrogens (tertiary/aromatic N) is 2. The van der Waals surface area contributed by atoms with Gasteiger partial charge in [0.1, 0.15) is 4.83 Å². The summed E-state index contributed by atoms with van der Waals surface area (Å²) in [7, 11) is 1.55. The van der Waals surface area contributed by atoms with Gasteiger partial charge < -0.3 is 9.84 Å². The largest absolute Gasteiger partial charge is 0.481 e. The second-order valence-electron chi connectivity index (χ2n) is 3.67. The molecular weight excluding hydrogens is 288 g/mol. The van der Waals surface area contributed by atoms with Crippen LogP contribution in [0.25, 0.3) is 10.2 Å². The Labute approximate surface area is 117 Å². The Morgan fingerprint density at radius 3 is 3.11 bits per heavy atom. The molecule has 2 aromatic heterocycles. The summed E-state index contributed by atoms with van der Waals surface area (Å²) in [6.07, 6.45) is 0. The molecule has 0 aliphatic carbocycles. The SMILES string of the molecule is COCCn1c(SCC(=O)O)nc2sccc2c1=O. The van der Waals surface area contributed by atoms with Crippen molar-refractivity contribution in [3.8, 4) is 0 Å². The van der Waals surface area contributed by atoms with Crippen LogP contribution >= 0.6 is 23.1 Å². The molecule has 102 valence electrons. The number of carboxylic acid groups (broad SMARTS) is 1. The lowest BCUT2D eigenvalue weighted by Crippen LogP contribution is -2.25. The molecule has 0 radical (unpaired) electrons. The fraction of sp³-hybridized carbons (Fsp3) is 0.364. The first-order valence-corrected chi connectivity index (χ1v) is 7.31. The smallest absolute Gasteiger partial charge is 0.313 e. The van der Waals surface area contributed by atoms with Crippen LogP contribution in [0.15, 0.2) is 21.4 Å². The van der Waals surface area contributed by atoms with E-state index < -0.39 is 5.97 Å². The van der Waals surface area contributed by atoms with E-state index in [0.717, 1.165) is 11.8 Å². The summed E-state index contributed by atoms with van der Waals surface area (Å²) in [6, 6.07) is 1.73. The number of aliphatic carboxylic acids is 1. The summed E-state index contributed by atoms with van der Waals surface area (Å²) in [6.45, 7) is 0.730. The highest BCUT2D eigenvalue weighted by Gasteiger charge is 2.13.